The minimum absolute atomic E-state index is 0.00569. The van der Waals surface area contributed by atoms with E-state index in [0.717, 1.165) is 35.6 Å². The Bertz CT molecular complexity index is 1420. The number of aryl methyl sites for hydroxylation is 1. The van der Waals surface area contributed by atoms with Gasteiger partial charge >= 0.3 is 0 Å². The lowest BCUT2D eigenvalue weighted by atomic mass is 9.79. The van der Waals surface area contributed by atoms with Gasteiger partial charge in [0.25, 0.3) is 0 Å². The van der Waals surface area contributed by atoms with Gasteiger partial charge in [0.2, 0.25) is 10.0 Å². The first-order chi connectivity index (χ1) is 16.5. The van der Waals surface area contributed by atoms with Crippen molar-refractivity contribution in [1.82, 2.24) is 25.0 Å². The van der Waals surface area contributed by atoms with Gasteiger partial charge in [-0.1, -0.05) is 6.07 Å². The summed E-state index contributed by atoms with van der Waals surface area (Å²) in [5.74, 6) is 0.677. The molecule has 0 amide bonds. The third kappa shape index (κ3) is 3.42. The van der Waals surface area contributed by atoms with Crippen molar-refractivity contribution in [3.63, 3.8) is 0 Å². The first-order valence-electron chi connectivity index (χ1n) is 12.0. The summed E-state index contributed by atoms with van der Waals surface area (Å²) in [5, 5.41) is 4.30. The van der Waals surface area contributed by atoms with Crippen LogP contribution in [-0.2, 0) is 10.0 Å². The molecule has 2 aromatic heterocycles. The van der Waals surface area contributed by atoms with Crippen LogP contribution in [-0.4, -0.2) is 41.5 Å². The molecule has 2 saturated carbocycles. The van der Waals surface area contributed by atoms with Gasteiger partial charge in [-0.3, -0.25) is 0 Å². The smallest absolute Gasteiger partial charge is 0.241 e. The maximum atomic E-state index is 13.2. The zero-order chi connectivity index (χ0) is 24.6. The highest BCUT2D eigenvalue weighted by Crippen LogP contribution is 2.44. The molecular weight excluding hydrogens is 444 g/mol. The molecule has 32 heavy (non-hydrogen) atoms. The molecule has 0 unspecified atom stereocenters. The summed E-state index contributed by atoms with van der Waals surface area (Å²) in [7, 11) is -3.88. The number of sulfonamides is 1. The van der Waals surface area contributed by atoms with Crippen molar-refractivity contribution < 1.29 is 12.5 Å². The first kappa shape index (κ1) is 17.1. The van der Waals surface area contributed by atoms with Crippen molar-refractivity contribution in [2.24, 2.45) is 0 Å². The van der Waals surface area contributed by atoms with E-state index in [9.17, 15) is 8.42 Å². The monoisotopic (exact) mass is 471 g/mol. The lowest BCUT2D eigenvalue weighted by Gasteiger charge is -2.37. The third-order valence-corrected chi connectivity index (χ3v) is 9.16. The molecule has 8 nitrogen and oxygen atoms in total. The van der Waals surface area contributed by atoms with Gasteiger partial charge in [-0.2, -0.15) is 0 Å². The van der Waals surface area contributed by atoms with Crippen LogP contribution in [0.25, 0.3) is 21.8 Å². The molecule has 0 spiro atoms. The predicted octanol–water partition coefficient (Wildman–Crippen LogP) is 2.82. The van der Waals surface area contributed by atoms with Crippen molar-refractivity contribution in [3.05, 3.63) is 41.2 Å². The number of nitrogens with zero attached hydrogens (tertiary/aromatic N) is 3. The molecule has 4 fully saturated rings. The van der Waals surface area contributed by atoms with Crippen molar-refractivity contribution in [1.29, 1.82) is 0 Å². The average Bonchev–Trinajstić information content (AvgIpc) is 3.19. The van der Waals surface area contributed by atoms with E-state index in [1.165, 1.54) is 35.7 Å². The van der Waals surface area contributed by atoms with Crippen LogP contribution in [0, 0.1) is 6.85 Å². The summed E-state index contributed by atoms with van der Waals surface area (Å²) in [4.78, 5) is 14.1. The number of hydrogen-bond acceptors (Lipinski definition) is 8. The van der Waals surface area contributed by atoms with E-state index < -0.39 is 22.4 Å². The quantitative estimate of drug-likeness (QED) is 0.505. The number of thiazole rings is 1. The van der Waals surface area contributed by atoms with Crippen LogP contribution in [0.4, 0.5) is 5.82 Å². The molecule has 7 rings (SSSR count). The van der Waals surface area contributed by atoms with Crippen LogP contribution >= 0.6 is 11.3 Å². The van der Waals surface area contributed by atoms with Crippen LogP contribution in [0.2, 0.25) is 0 Å². The highest BCUT2D eigenvalue weighted by Gasteiger charge is 2.52. The summed E-state index contributed by atoms with van der Waals surface area (Å²) < 4.78 is 53.3. The number of fused-ring (bicyclic) bond motifs is 1. The second-order valence-electron chi connectivity index (χ2n) is 8.91. The third-order valence-electron chi connectivity index (χ3n) is 6.42. The highest BCUT2D eigenvalue weighted by atomic mass is 32.2. The second kappa shape index (κ2) is 7.05. The van der Waals surface area contributed by atoms with Gasteiger partial charge in [0.05, 0.1) is 26.7 Å². The van der Waals surface area contributed by atoms with E-state index in [4.69, 9.17) is 9.85 Å². The number of aromatic nitrogens is 3. The largest absolute Gasteiger partial charge is 0.382 e. The Morgan fingerprint density at radius 3 is 2.84 bits per heavy atom. The number of benzene rings is 1. The van der Waals surface area contributed by atoms with Crippen molar-refractivity contribution >= 4 is 27.2 Å². The van der Waals surface area contributed by atoms with E-state index in [1.807, 2.05) is 0 Å². The van der Waals surface area contributed by atoms with Crippen molar-refractivity contribution in [2.45, 2.75) is 54.9 Å². The number of hydrogen-bond donors (Lipinski definition) is 3. The molecule has 4 aliphatic rings. The maximum absolute atomic E-state index is 13.2. The van der Waals surface area contributed by atoms with E-state index in [1.54, 1.807) is 6.20 Å². The maximum Gasteiger partial charge on any atom is 0.241 e. The fourth-order valence-electron chi connectivity index (χ4n) is 4.50. The minimum atomic E-state index is -3.88. The van der Waals surface area contributed by atoms with E-state index >= 15 is 0 Å². The van der Waals surface area contributed by atoms with Gasteiger partial charge in [-0.25, -0.2) is 28.1 Å². The summed E-state index contributed by atoms with van der Waals surface area (Å²) in [6.07, 6.45) is 6.81. The molecule has 2 aliphatic heterocycles. The van der Waals surface area contributed by atoms with Crippen LogP contribution in [0.5, 0.6) is 0 Å². The molecule has 2 aliphatic carbocycles. The Morgan fingerprint density at radius 1 is 1.28 bits per heavy atom. The molecule has 10 heteroatoms. The average molecular weight is 472 g/mol. The van der Waals surface area contributed by atoms with Gasteiger partial charge < -0.3 is 11.1 Å². The zero-order valence-electron chi connectivity index (χ0n) is 20.1. The molecule has 3 aromatic rings. The standard InChI is InChI=1S/C22H24N6O2S2/c1-12-2-5-15(32(29,30)28-22-7-14(8-22)26-11-22)6-16(12)17-9-24-20(23)19(27-17)18-10-25-21(31-18)13-3-4-13/h2,5-6,9-10,13-14,26,28H,3-4,7-8,11H2,1H3,(H2,23,24)/i1D3. The molecular formula is C22H24N6O2S2. The highest BCUT2D eigenvalue weighted by molar-refractivity contribution is 7.89. The van der Waals surface area contributed by atoms with Crippen molar-refractivity contribution in [3.8, 4) is 21.8 Å². The van der Waals surface area contributed by atoms with Gasteiger partial charge in [-0.05, 0) is 50.2 Å². The topological polar surface area (TPSA) is 123 Å². The fraction of sp³-hybridized carbons (Fsp3) is 0.409. The van der Waals surface area contributed by atoms with Gasteiger partial charge in [0.15, 0.2) is 5.82 Å². The molecule has 2 saturated heterocycles. The summed E-state index contributed by atoms with van der Waals surface area (Å²) in [5.41, 5.74) is 6.46. The Hall–Kier alpha value is -2.40. The van der Waals surface area contributed by atoms with Crippen LogP contribution in [0.1, 0.15) is 46.3 Å². The van der Waals surface area contributed by atoms with Gasteiger partial charge in [-0.15, -0.1) is 11.3 Å². The molecule has 166 valence electrons. The number of nitrogens with two attached hydrogens (primary N) is 1. The summed E-state index contributed by atoms with van der Waals surface area (Å²) in [6, 6.07) is 4.38. The van der Waals surface area contributed by atoms with E-state index in [-0.39, 0.29) is 27.5 Å². The fourth-order valence-corrected chi connectivity index (χ4v) is 7.04. The minimum Gasteiger partial charge on any atom is -0.382 e. The van der Waals surface area contributed by atoms with E-state index in [0.29, 0.717) is 24.2 Å². The first-order valence-corrected chi connectivity index (χ1v) is 12.8. The van der Waals surface area contributed by atoms with Crippen LogP contribution in [0.15, 0.2) is 35.5 Å². The molecule has 2 bridgehead atoms. The summed E-state index contributed by atoms with van der Waals surface area (Å²) in [6.45, 7) is -1.89. The Labute approximate surface area is 195 Å². The van der Waals surface area contributed by atoms with Gasteiger partial charge in [0, 0.05) is 39.9 Å². The normalized spacial score (nSPS) is 26.2. The van der Waals surface area contributed by atoms with Crippen molar-refractivity contribution in [2.75, 3.05) is 12.3 Å². The number of anilines is 1. The predicted molar refractivity (Wildman–Crippen MR) is 124 cm³/mol. The molecule has 4 N–H and O–H groups in total. The zero-order valence-corrected chi connectivity index (χ0v) is 18.8. The molecule has 1 aromatic carbocycles. The Morgan fingerprint density at radius 2 is 2.12 bits per heavy atom. The Kier molecular flexibility index (Phi) is 3.77. The number of rotatable bonds is 6. The Balaban J connectivity index is 1.42. The van der Waals surface area contributed by atoms with Crippen LogP contribution < -0.4 is 15.8 Å². The van der Waals surface area contributed by atoms with E-state index in [2.05, 4.69) is 25.0 Å². The molecule has 0 atom stereocenters. The lowest BCUT2D eigenvalue weighted by Crippen LogP contribution is -2.54. The molecule has 0 radical (unpaired) electrons. The molecule has 4 heterocycles. The number of nitrogens with one attached hydrogen (secondary N) is 2. The number of nitrogen functional groups attached to an aromatic ring is 1. The second-order valence-corrected chi connectivity index (χ2v) is 11.7. The van der Waals surface area contributed by atoms with Crippen LogP contribution in [0.3, 0.4) is 0 Å². The van der Waals surface area contributed by atoms with Gasteiger partial charge in [0.1, 0.15) is 5.69 Å². The lowest BCUT2D eigenvalue weighted by molar-refractivity contribution is 0.279. The summed E-state index contributed by atoms with van der Waals surface area (Å²) >= 11 is 1.50. The SMILES string of the molecule is [2H]C([2H])([2H])c1ccc(S(=O)(=O)NC23CNC(C2)C3)cc1-c1cnc(N)c(-c2cnc(C3CC3)s2)n1.